The molecule has 2 aromatic carbocycles. The molecule has 1 aliphatic rings. The minimum Gasteiger partial charge on any atom is -0.465 e. The summed E-state index contributed by atoms with van der Waals surface area (Å²) in [6.45, 7) is 4.64. The predicted octanol–water partition coefficient (Wildman–Crippen LogP) is 3.79. The zero-order valence-corrected chi connectivity index (χ0v) is 16.1. The predicted molar refractivity (Wildman–Crippen MR) is 107 cm³/mol. The third kappa shape index (κ3) is 4.34. The molecule has 1 heterocycles. The summed E-state index contributed by atoms with van der Waals surface area (Å²) in [4.78, 5) is 28.4. The van der Waals surface area contributed by atoms with Gasteiger partial charge in [-0.25, -0.2) is 9.59 Å². The van der Waals surface area contributed by atoms with Gasteiger partial charge in [0.2, 0.25) is 0 Å². The quantitative estimate of drug-likeness (QED) is 0.814. The van der Waals surface area contributed by atoms with E-state index in [0.717, 1.165) is 11.3 Å². The summed E-state index contributed by atoms with van der Waals surface area (Å²) in [5.74, 6) is -0.479. The molecule has 1 saturated heterocycles. The van der Waals surface area contributed by atoms with Crippen molar-refractivity contribution in [1.29, 1.82) is 0 Å². The van der Waals surface area contributed by atoms with Crippen LogP contribution in [0.25, 0.3) is 0 Å². The van der Waals surface area contributed by atoms with Crippen molar-refractivity contribution < 1.29 is 14.3 Å². The van der Waals surface area contributed by atoms with Crippen LogP contribution in [0.15, 0.2) is 42.5 Å². The fourth-order valence-corrected chi connectivity index (χ4v) is 3.31. The molecule has 1 fully saturated rings. The zero-order valence-electron chi connectivity index (χ0n) is 15.4. The molecule has 142 valence electrons. The molecule has 2 amide bonds. The number of carbonyl (C=O) groups excluding carboxylic acids is 2. The fraction of sp³-hybridized carbons (Fsp3) is 0.300. The molecule has 2 aromatic rings. The van der Waals surface area contributed by atoms with E-state index < -0.39 is 5.97 Å². The van der Waals surface area contributed by atoms with Crippen LogP contribution in [0.5, 0.6) is 0 Å². The van der Waals surface area contributed by atoms with Crippen LogP contribution >= 0.6 is 11.6 Å². The number of nitrogens with one attached hydrogen (secondary N) is 1. The summed E-state index contributed by atoms with van der Waals surface area (Å²) < 4.78 is 4.77. The number of methoxy groups -OCH3 is 1. The van der Waals surface area contributed by atoms with Crippen LogP contribution in [0.4, 0.5) is 16.2 Å². The van der Waals surface area contributed by atoms with Crippen molar-refractivity contribution in [2.24, 2.45) is 0 Å². The number of para-hydroxylation sites is 1. The van der Waals surface area contributed by atoms with Gasteiger partial charge in [0.25, 0.3) is 0 Å². The van der Waals surface area contributed by atoms with Crippen LogP contribution < -0.4 is 10.2 Å². The highest BCUT2D eigenvalue weighted by atomic mass is 35.5. The highest BCUT2D eigenvalue weighted by Gasteiger charge is 2.23. The molecule has 0 aromatic heterocycles. The Balaban J connectivity index is 1.64. The lowest BCUT2D eigenvalue weighted by molar-refractivity contribution is 0.0602. The van der Waals surface area contributed by atoms with Crippen LogP contribution in [-0.4, -0.2) is 50.2 Å². The van der Waals surface area contributed by atoms with Crippen molar-refractivity contribution in [2.45, 2.75) is 6.92 Å². The minimum absolute atomic E-state index is 0.228. The minimum atomic E-state index is -0.479. The highest BCUT2D eigenvalue weighted by molar-refractivity contribution is 6.30. The van der Waals surface area contributed by atoms with Crippen LogP contribution in [0.2, 0.25) is 5.02 Å². The van der Waals surface area contributed by atoms with E-state index in [2.05, 4.69) is 17.1 Å². The number of hydrogen-bond acceptors (Lipinski definition) is 4. The van der Waals surface area contributed by atoms with Gasteiger partial charge in [-0.05, 0) is 36.8 Å². The molecule has 0 saturated carbocycles. The first-order chi connectivity index (χ1) is 13.0. The SMILES string of the molecule is COC(=O)c1ccccc1NC(=O)N1CCN(c2cc(Cl)ccc2C)CC1. The van der Waals surface area contributed by atoms with Gasteiger partial charge in [-0.15, -0.1) is 0 Å². The number of piperazine rings is 1. The standard InChI is InChI=1S/C20H22ClN3O3/c1-14-7-8-15(21)13-18(14)23-9-11-24(12-10-23)20(26)22-17-6-4-3-5-16(17)19(25)27-2/h3-8,13H,9-12H2,1-2H3,(H,22,26). The first-order valence-electron chi connectivity index (χ1n) is 8.74. The van der Waals surface area contributed by atoms with Gasteiger partial charge in [0, 0.05) is 36.9 Å². The number of hydrogen-bond donors (Lipinski definition) is 1. The van der Waals surface area contributed by atoms with E-state index in [1.54, 1.807) is 29.2 Å². The number of esters is 1. The van der Waals surface area contributed by atoms with Crippen LogP contribution in [-0.2, 0) is 4.74 Å². The topological polar surface area (TPSA) is 61.9 Å². The average molecular weight is 388 g/mol. The molecule has 27 heavy (non-hydrogen) atoms. The molecule has 0 atom stereocenters. The number of urea groups is 1. The summed E-state index contributed by atoms with van der Waals surface area (Å²) in [5, 5.41) is 3.52. The number of nitrogens with zero attached hydrogens (tertiary/aromatic N) is 2. The third-order valence-electron chi connectivity index (χ3n) is 4.65. The molecule has 0 radical (unpaired) electrons. The Hall–Kier alpha value is -2.73. The van der Waals surface area contributed by atoms with Gasteiger partial charge in [-0.1, -0.05) is 29.8 Å². The monoisotopic (exact) mass is 387 g/mol. The van der Waals surface area contributed by atoms with Gasteiger partial charge >= 0.3 is 12.0 Å². The normalized spacial score (nSPS) is 14.0. The van der Waals surface area contributed by atoms with E-state index in [1.807, 2.05) is 18.2 Å². The molecule has 0 spiro atoms. The van der Waals surface area contributed by atoms with Crippen molar-refractivity contribution in [3.8, 4) is 0 Å². The summed E-state index contributed by atoms with van der Waals surface area (Å²) in [7, 11) is 1.32. The molecule has 0 aliphatic carbocycles. The van der Waals surface area contributed by atoms with Gasteiger partial charge in [-0.2, -0.15) is 0 Å². The van der Waals surface area contributed by atoms with Crippen molar-refractivity contribution >= 4 is 35.0 Å². The lowest BCUT2D eigenvalue weighted by Crippen LogP contribution is -2.50. The largest absolute Gasteiger partial charge is 0.465 e. The van der Waals surface area contributed by atoms with Crippen LogP contribution in [0, 0.1) is 6.92 Å². The molecular formula is C20H22ClN3O3. The van der Waals surface area contributed by atoms with E-state index in [0.29, 0.717) is 42.5 Å². The van der Waals surface area contributed by atoms with E-state index in [4.69, 9.17) is 16.3 Å². The molecular weight excluding hydrogens is 366 g/mol. The van der Waals surface area contributed by atoms with E-state index in [1.165, 1.54) is 7.11 Å². The number of ether oxygens (including phenoxy) is 1. The summed E-state index contributed by atoms with van der Waals surface area (Å²) in [5.41, 5.74) is 3.03. The molecule has 1 aliphatic heterocycles. The molecule has 6 nitrogen and oxygen atoms in total. The van der Waals surface area contributed by atoms with Crippen molar-refractivity contribution in [1.82, 2.24) is 4.90 Å². The van der Waals surface area contributed by atoms with Crippen molar-refractivity contribution in [3.05, 3.63) is 58.6 Å². The van der Waals surface area contributed by atoms with Crippen LogP contribution in [0.3, 0.4) is 0 Å². The second-order valence-corrected chi connectivity index (χ2v) is 6.81. The van der Waals surface area contributed by atoms with Crippen molar-refractivity contribution in [3.63, 3.8) is 0 Å². The first-order valence-corrected chi connectivity index (χ1v) is 9.12. The average Bonchev–Trinajstić information content (AvgIpc) is 2.69. The number of benzene rings is 2. The number of halogens is 1. The maximum Gasteiger partial charge on any atom is 0.339 e. The van der Waals surface area contributed by atoms with Gasteiger partial charge in [0.1, 0.15) is 0 Å². The van der Waals surface area contributed by atoms with Gasteiger partial charge in [-0.3, -0.25) is 0 Å². The summed E-state index contributed by atoms with van der Waals surface area (Å²) in [6, 6.07) is 12.4. The maximum atomic E-state index is 12.6. The van der Waals surface area contributed by atoms with Crippen LogP contribution in [0.1, 0.15) is 15.9 Å². The lowest BCUT2D eigenvalue weighted by atomic mass is 10.1. The summed E-state index contributed by atoms with van der Waals surface area (Å²) in [6.07, 6.45) is 0. The Labute approximate surface area is 163 Å². The molecule has 1 N–H and O–H groups in total. The first kappa shape index (κ1) is 19.0. The Morgan fingerprint density at radius 1 is 1.07 bits per heavy atom. The Morgan fingerprint density at radius 3 is 2.48 bits per heavy atom. The molecule has 0 bridgehead atoms. The lowest BCUT2D eigenvalue weighted by Gasteiger charge is -2.36. The number of carbonyl (C=O) groups is 2. The van der Waals surface area contributed by atoms with Gasteiger partial charge in [0.15, 0.2) is 0 Å². The number of anilines is 2. The highest BCUT2D eigenvalue weighted by Crippen LogP contribution is 2.25. The third-order valence-corrected chi connectivity index (χ3v) is 4.89. The van der Waals surface area contributed by atoms with Crippen molar-refractivity contribution in [2.75, 3.05) is 43.5 Å². The molecule has 7 heteroatoms. The Kier molecular flexibility index (Phi) is 5.86. The second kappa shape index (κ2) is 8.31. The number of amides is 2. The van der Waals surface area contributed by atoms with E-state index in [9.17, 15) is 9.59 Å². The van der Waals surface area contributed by atoms with E-state index >= 15 is 0 Å². The summed E-state index contributed by atoms with van der Waals surface area (Å²) >= 11 is 6.12. The Bertz CT molecular complexity index is 848. The van der Waals surface area contributed by atoms with E-state index in [-0.39, 0.29) is 6.03 Å². The molecule has 3 rings (SSSR count). The Morgan fingerprint density at radius 2 is 1.78 bits per heavy atom. The number of rotatable bonds is 3. The second-order valence-electron chi connectivity index (χ2n) is 6.37. The zero-order chi connectivity index (χ0) is 19.4. The van der Waals surface area contributed by atoms with Gasteiger partial charge < -0.3 is 19.9 Å². The smallest absolute Gasteiger partial charge is 0.339 e. The van der Waals surface area contributed by atoms with Gasteiger partial charge in [0.05, 0.1) is 18.4 Å². The number of aryl methyl sites for hydroxylation is 1. The maximum absolute atomic E-state index is 12.6. The molecule has 0 unspecified atom stereocenters. The fourth-order valence-electron chi connectivity index (χ4n) is 3.15.